The number of amides is 1. The number of hydrogen-bond donors (Lipinski definition) is 0. The van der Waals surface area contributed by atoms with Crippen LogP contribution in [-0.2, 0) is 11.0 Å². The molecule has 7 heteroatoms. The molecule has 1 fully saturated rings. The molecule has 1 saturated heterocycles. The molecule has 1 aromatic carbocycles. The van der Waals surface area contributed by atoms with E-state index in [1.54, 1.807) is 0 Å². The van der Waals surface area contributed by atoms with Gasteiger partial charge in [0.2, 0.25) is 6.41 Å². The third-order valence-corrected chi connectivity index (χ3v) is 3.62. The van der Waals surface area contributed by atoms with Gasteiger partial charge in [0.05, 0.1) is 5.56 Å². The highest BCUT2D eigenvalue weighted by Crippen LogP contribution is 2.32. The molecule has 1 aliphatic heterocycles. The average molecular weight is 303 g/mol. The second-order valence-electron chi connectivity index (χ2n) is 5.01. The summed E-state index contributed by atoms with van der Waals surface area (Å²) in [4.78, 5) is 24.0. The van der Waals surface area contributed by atoms with E-state index < -0.39 is 23.2 Å². The molecular weight excluding hydrogens is 290 g/mol. The number of piperidine rings is 1. The molecule has 1 heterocycles. The predicted molar refractivity (Wildman–Crippen MR) is 66.5 cm³/mol. The molecule has 1 amide bonds. The quantitative estimate of drug-likeness (QED) is 0.489. The van der Waals surface area contributed by atoms with Crippen molar-refractivity contribution in [3.8, 4) is 0 Å². The Morgan fingerprint density at radius 1 is 1.14 bits per heavy atom. The zero-order chi connectivity index (χ0) is 15.7. The Bertz CT molecular complexity index is 531. The topological polar surface area (TPSA) is 37.4 Å². The number of nitrogens with zero attached hydrogens (tertiary/aromatic N) is 1. The van der Waals surface area contributed by atoms with E-state index in [9.17, 15) is 27.2 Å². The van der Waals surface area contributed by atoms with Crippen molar-refractivity contribution in [2.24, 2.45) is 0 Å². The Morgan fingerprint density at radius 3 is 2.10 bits per heavy atom. The number of halogens is 4. The summed E-state index contributed by atoms with van der Waals surface area (Å²) in [6, 6.07) is 3.49. The molecule has 0 bridgehead atoms. The van der Waals surface area contributed by atoms with Crippen LogP contribution in [-0.4, -0.2) is 35.9 Å². The van der Waals surface area contributed by atoms with E-state index in [0.29, 0.717) is 6.41 Å². The zero-order valence-corrected chi connectivity index (χ0v) is 11.0. The Morgan fingerprint density at radius 2 is 1.67 bits per heavy atom. The van der Waals surface area contributed by atoms with E-state index in [1.807, 2.05) is 0 Å². The second-order valence-corrected chi connectivity index (χ2v) is 5.01. The Labute approximate surface area is 118 Å². The number of ketones is 1. The largest absolute Gasteiger partial charge is 0.416 e. The first-order valence-electron chi connectivity index (χ1n) is 6.36. The van der Waals surface area contributed by atoms with Crippen molar-refractivity contribution in [2.45, 2.75) is 24.7 Å². The number of likely N-dealkylation sites (tertiary alicyclic amines) is 1. The summed E-state index contributed by atoms with van der Waals surface area (Å²) in [5.74, 6) is -0.832. The molecule has 0 unspecified atom stereocenters. The first-order chi connectivity index (χ1) is 9.76. The van der Waals surface area contributed by atoms with E-state index in [4.69, 9.17) is 0 Å². The van der Waals surface area contributed by atoms with Gasteiger partial charge in [-0.05, 0) is 12.1 Å². The van der Waals surface area contributed by atoms with E-state index in [1.165, 1.54) is 4.90 Å². The number of benzene rings is 1. The molecule has 0 aliphatic carbocycles. The third kappa shape index (κ3) is 3.22. The fourth-order valence-electron chi connectivity index (χ4n) is 2.28. The first kappa shape index (κ1) is 15.5. The van der Waals surface area contributed by atoms with Crippen LogP contribution in [0.1, 0.15) is 28.8 Å². The van der Waals surface area contributed by atoms with Crippen LogP contribution in [0.25, 0.3) is 0 Å². The fourth-order valence-corrected chi connectivity index (χ4v) is 2.28. The van der Waals surface area contributed by atoms with Gasteiger partial charge in [-0.2, -0.15) is 13.2 Å². The standard InChI is InChI=1S/C14H13F4NO2/c15-13(5-7-19(9-20)8-6-13)12(21)10-1-3-11(4-2-10)14(16,17)18/h1-4,9H,5-8H2. The van der Waals surface area contributed by atoms with E-state index >= 15 is 0 Å². The van der Waals surface area contributed by atoms with Crippen molar-refractivity contribution in [3.63, 3.8) is 0 Å². The minimum atomic E-state index is -4.50. The molecule has 0 atom stereocenters. The van der Waals surface area contributed by atoms with Gasteiger partial charge >= 0.3 is 6.18 Å². The molecule has 1 aliphatic rings. The lowest BCUT2D eigenvalue weighted by molar-refractivity contribution is -0.137. The predicted octanol–water partition coefficient (Wildman–Crippen LogP) is 2.85. The van der Waals surface area contributed by atoms with Crippen LogP contribution in [0.15, 0.2) is 24.3 Å². The molecule has 0 spiro atoms. The van der Waals surface area contributed by atoms with Crippen molar-refractivity contribution in [2.75, 3.05) is 13.1 Å². The van der Waals surface area contributed by atoms with Crippen molar-refractivity contribution in [1.82, 2.24) is 4.90 Å². The van der Waals surface area contributed by atoms with Crippen LogP contribution in [0.2, 0.25) is 0 Å². The van der Waals surface area contributed by atoms with Gasteiger partial charge in [-0.15, -0.1) is 0 Å². The van der Waals surface area contributed by atoms with Crippen LogP contribution in [0.3, 0.4) is 0 Å². The summed E-state index contributed by atoms with van der Waals surface area (Å²) in [5, 5.41) is 0. The summed E-state index contributed by atoms with van der Waals surface area (Å²) in [6.07, 6.45) is -4.20. The molecule has 1 aromatic rings. The third-order valence-electron chi connectivity index (χ3n) is 3.62. The van der Waals surface area contributed by atoms with Crippen molar-refractivity contribution >= 4 is 12.2 Å². The number of rotatable bonds is 3. The minimum absolute atomic E-state index is 0.0925. The van der Waals surface area contributed by atoms with Crippen LogP contribution in [0.4, 0.5) is 17.6 Å². The van der Waals surface area contributed by atoms with Crippen LogP contribution >= 0.6 is 0 Å². The Balaban J connectivity index is 2.15. The highest BCUT2D eigenvalue weighted by Gasteiger charge is 2.42. The molecule has 0 radical (unpaired) electrons. The smallest absolute Gasteiger partial charge is 0.345 e. The summed E-state index contributed by atoms with van der Waals surface area (Å²) >= 11 is 0. The van der Waals surface area contributed by atoms with Gasteiger partial charge < -0.3 is 4.90 Å². The Kier molecular flexibility index (Phi) is 4.02. The van der Waals surface area contributed by atoms with Gasteiger partial charge in [0.1, 0.15) is 0 Å². The highest BCUT2D eigenvalue weighted by atomic mass is 19.4. The van der Waals surface area contributed by atoms with Gasteiger partial charge in [-0.3, -0.25) is 9.59 Å². The van der Waals surface area contributed by atoms with Gasteiger partial charge in [0, 0.05) is 31.5 Å². The van der Waals surface area contributed by atoms with Crippen LogP contribution < -0.4 is 0 Å². The zero-order valence-electron chi connectivity index (χ0n) is 11.0. The first-order valence-corrected chi connectivity index (χ1v) is 6.36. The molecule has 0 aromatic heterocycles. The molecule has 21 heavy (non-hydrogen) atoms. The lowest BCUT2D eigenvalue weighted by Gasteiger charge is -2.33. The normalized spacial score (nSPS) is 18.4. The van der Waals surface area contributed by atoms with E-state index in [0.717, 1.165) is 24.3 Å². The fraction of sp³-hybridized carbons (Fsp3) is 0.429. The van der Waals surface area contributed by atoms with Gasteiger partial charge in [0.25, 0.3) is 0 Å². The lowest BCUT2D eigenvalue weighted by atomic mass is 9.85. The number of carbonyl (C=O) groups excluding carboxylic acids is 2. The minimum Gasteiger partial charge on any atom is -0.345 e. The molecule has 0 N–H and O–H groups in total. The molecular formula is C14H13F4NO2. The highest BCUT2D eigenvalue weighted by molar-refractivity contribution is 6.02. The summed E-state index contributed by atoms with van der Waals surface area (Å²) < 4.78 is 51.9. The molecule has 2 rings (SSSR count). The maximum atomic E-state index is 14.6. The summed E-state index contributed by atoms with van der Waals surface area (Å²) in [5.41, 5.74) is -3.10. The SMILES string of the molecule is O=CN1CCC(F)(C(=O)c2ccc(C(F)(F)F)cc2)CC1. The second kappa shape index (κ2) is 5.46. The lowest BCUT2D eigenvalue weighted by Crippen LogP contribution is -2.46. The summed E-state index contributed by atoms with van der Waals surface area (Å²) in [7, 11) is 0. The average Bonchev–Trinajstić information content (AvgIpc) is 2.46. The monoisotopic (exact) mass is 303 g/mol. The molecule has 0 saturated carbocycles. The Hall–Kier alpha value is -1.92. The number of alkyl halides is 4. The number of carbonyl (C=O) groups is 2. The van der Waals surface area contributed by atoms with E-state index in [2.05, 4.69) is 0 Å². The molecule has 3 nitrogen and oxygen atoms in total. The molecule has 114 valence electrons. The van der Waals surface area contributed by atoms with Crippen molar-refractivity contribution in [1.29, 1.82) is 0 Å². The van der Waals surface area contributed by atoms with Crippen molar-refractivity contribution < 1.29 is 27.2 Å². The van der Waals surface area contributed by atoms with Gasteiger partial charge in [0.15, 0.2) is 11.5 Å². The number of Topliss-reactive ketones (excluding diaryl/α,β-unsaturated/α-hetero) is 1. The van der Waals surface area contributed by atoms with Gasteiger partial charge in [-0.1, -0.05) is 12.1 Å². The van der Waals surface area contributed by atoms with Crippen molar-refractivity contribution in [3.05, 3.63) is 35.4 Å². The summed E-state index contributed by atoms with van der Waals surface area (Å²) in [6.45, 7) is 0.235. The van der Waals surface area contributed by atoms with E-state index in [-0.39, 0.29) is 31.5 Å². The van der Waals surface area contributed by atoms with Crippen LogP contribution in [0, 0.1) is 0 Å². The number of hydrogen-bond acceptors (Lipinski definition) is 2. The van der Waals surface area contributed by atoms with Gasteiger partial charge in [-0.25, -0.2) is 4.39 Å². The maximum absolute atomic E-state index is 14.6. The van der Waals surface area contributed by atoms with Crippen LogP contribution in [0.5, 0.6) is 0 Å². The maximum Gasteiger partial charge on any atom is 0.416 e.